The van der Waals surface area contributed by atoms with Gasteiger partial charge in [-0.25, -0.2) is 4.79 Å². The molecular formula is C20H30N4O2. The Hall–Kier alpha value is -2.08. The Balaban J connectivity index is 1.54. The Morgan fingerprint density at radius 3 is 2.85 bits per heavy atom. The zero-order valence-electron chi connectivity index (χ0n) is 15.5. The molecule has 6 nitrogen and oxygen atoms in total. The Bertz CT molecular complexity index is 648. The van der Waals surface area contributed by atoms with E-state index in [1.54, 1.807) is 4.90 Å². The zero-order valence-corrected chi connectivity index (χ0v) is 15.5. The van der Waals surface area contributed by atoms with E-state index in [9.17, 15) is 9.59 Å². The van der Waals surface area contributed by atoms with Crippen molar-refractivity contribution in [1.29, 1.82) is 0 Å². The molecule has 0 radical (unpaired) electrons. The lowest BCUT2D eigenvalue weighted by Gasteiger charge is -2.33. The Labute approximate surface area is 155 Å². The monoisotopic (exact) mass is 358 g/mol. The van der Waals surface area contributed by atoms with Crippen LogP contribution in [0.3, 0.4) is 0 Å². The summed E-state index contributed by atoms with van der Waals surface area (Å²) in [6.45, 7) is 3.79. The van der Waals surface area contributed by atoms with Crippen LogP contribution in [0.15, 0.2) is 24.3 Å². The van der Waals surface area contributed by atoms with Crippen LogP contribution in [0.4, 0.5) is 10.5 Å². The highest BCUT2D eigenvalue weighted by atomic mass is 16.2. The highest BCUT2D eigenvalue weighted by Crippen LogP contribution is 2.26. The van der Waals surface area contributed by atoms with Gasteiger partial charge in [0, 0.05) is 24.8 Å². The second kappa shape index (κ2) is 8.54. The molecule has 3 rings (SSSR count). The maximum absolute atomic E-state index is 12.7. The molecule has 0 aromatic heterocycles. The van der Waals surface area contributed by atoms with Crippen LogP contribution < -0.4 is 16.4 Å². The van der Waals surface area contributed by atoms with Crippen molar-refractivity contribution in [2.45, 2.75) is 45.1 Å². The summed E-state index contributed by atoms with van der Waals surface area (Å²) in [7, 11) is 0. The first-order valence-electron chi connectivity index (χ1n) is 9.70. The number of aryl methyl sites for hydroxylation is 1. The number of amides is 3. The van der Waals surface area contributed by atoms with E-state index in [0.29, 0.717) is 25.6 Å². The summed E-state index contributed by atoms with van der Waals surface area (Å²) in [6, 6.07) is 7.81. The van der Waals surface area contributed by atoms with Crippen LogP contribution in [0, 0.1) is 18.8 Å². The van der Waals surface area contributed by atoms with Crippen molar-refractivity contribution >= 4 is 17.6 Å². The first-order chi connectivity index (χ1) is 12.6. The number of carbonyl (C=O) groups is 2. The van der Waals surface area contributed by atoms with E-state index in [-0.39, 0.29) is 23.9 Å². The summed E-state index contributed by atoms with van der Waals surface area (Å²) in [5.74, 6) is 0.331. The lowest BCUT2D eigenvalue weighted by Crippen LogP contribution is -2.49. The smallest absolute Gasteiger partial charge is 0.321 e. The van der Waals surface area contributed by atoms with E-state index in [1.807, 2.05) is 31.2 Å². The van der Waals surface area contributed by atoms with Gasteiger partial charge in [0.25, 0.3) is 0 Å². The largest absolute Gasteiger partial charge is 0.353 e. The number of nitrogens with zero attached hydrogens (tertiary/aromatic N) is 1. The molecule has 3 amide bonds. The van der Waals surface area contributed by atoms with Gasteiger partial charge in [0.1, 0.15) is 0 Å². The molecule has 2 aliphatic rings. The average molecular weight is 358 g/mol. The minimum Gasteiger partial charge on any atom is -0.353 e. The van der Waals surface area contributed by atoms with Gasteiger partial charge in [0.15, 0.2) is 0 Å². The van der Waals surface area contributed by atoms with Gasteiger partial charge in [-0.1, -0.05) is 18.6 Å². The summed E-state index contributed by atoms with van der Waals surface area (Å²) in [5.41, 5.74) is 7.70. The van der Waals surface area contributed by atoms with E-state index < -0.39 is 0 Å². The predicted molar refractivity (Wildman–Crippen MR) is 103 cm³/mol. The van der Waals surface area contributed by atoms with Crippen LogP contribution in [0.2, 0.25) is 0 Å². The molecule has 1 saturated carbocycles. The number of hydrogen-bond acceptors (Lipinski definition) is 3. The van der Waals surface area contributed by atoms with E-state index in [0.717, 1.165) is 43.4 Å². The fourth-order valence-corrected chi connectivity index (χ4v) is 4.11. The molecule has 6 heteroatoms. The maximum Gasteiger partial charge on any atom is 0.321 e. The lowest BCUT2D eigenvalue weighted by atomic mass is 9.96. The van der Waals surface area contributed by atoms with Crippen molar-refractivity contribution in [3.05, 3.63) is 29.8 Å². The Kier molecular flexibility index (Phi) is 6.14. The van der Waals surface area contributed by atoms with Gasteiger partial charge in [0.05, 0.1) is 5.92 Å². The van der Waals surface area contributed by atoms with Crippen LogP contribution in [-0.2, 0) is 4.79 Å². The number of nitrogens with one attached hydrogen (secondary N) is 2. The van der Waals surface area contributed by atoms with Gasteiger partial charge in [0.2, 0.25) is 5.91 Å². The third kappa shape index (κ3) is 4.55. The molecule has 3 unspecified atom stereocenters. The summed E-state index contributed by atoms with van der Waals surface area (Å²) in [5, 5.41) is 6.13. The molecule has 1 saturated heterocycles. The van der Waals surface area contributed by atoms with Gasteiger partial charge >= 0.3 is 6.03 Å². The Morgan fingerprint density at radius 2 is 2.08 bits per heavy atom. The molecule has 1 heterocycles. The van der Waals surface area contributed by atoms with Crippen LogP contribution in [0.1, 0.15) is 37.7 Å². The minimum absolute atomic E-state index is 0.0726. The van der Waals surface area contributed by atoms with Crippen LogP contribution in [-0.4, -0.2) is 42.5 Å². The number of benzene rings is 1. The van der Waals surface area contributed by atoms with Gasteiger partial charge in [-0.3, -0.25) is 4.79 Å². The van der Waals surface area contributed by atoms with E-state index >= 15 is 0 Å². The fraction of sp³-hybridized carbons (Fsp3) is 0.600. The third-order valence-electron chi connectivity index (χ3n) is 5.64. The van der Waals surface area contributed by atoms with Gasteiger partial charge in [-0.15, -0.1) is 0 Å². The number of anilines is 1. The molecule has 1 aromatic rings. The first-order valence-corrected chi connectivity index (χ1v) is 9.70. The van der Waals surface area contributed by atoms with Crippen LogP contribution >= 0.6 is 0 Å². The van der Waals surface area contributed by atoms with Gasteiger partial charge in [-0.05, 0) is 62.8 Å². The molecule has 4 N–H and O–H groups in total. The number of rotatable bonds is 4. The fourth-order valence-electron chi connectivity index (χ4n) is 4.11. The molecule has 142 valence electrons. The summed E-state index contributed by atoms with van der Waals surface area (Å²) >= 11 is 0. The zero-order chi connectivity index (χ0) is 18.5. The minimum atomic E-state index is -0.133. The molecule has 1 aromatic carbocycles. The third-order valence-corrected chi connectivity index (χ3v) is 5.64. The van der Waals surface area contributed by atoms with Crippen molar-refractivity contribution in [2.24, 2.45) is 17.6 Å². The van der Waals surface area contributed by atoms with E-state index in [2.05, 4.69) is 10.6 Å². The highest BCUT2D eigenvalue weighted by molar-refractivity contribution is 5.90. The molecule has 26 heavy (non-hydrogen) atoms. The molecule has 0 spiro atoms. The summed E-state index contributed by atoms with van der Waals surface area (Å²) < 4.78 is 0. The molecule has 0 bridgehead atoms. The van der Waals surface area contributed by atoms with Crippen molar-refractivity contribution in [3.8, 4) is 0 Å². The average Bonchev–Trinajstić information content (AvgIpc) is 3.09. The quantitative estimate of drug-likeness (QED) is 0.773. The van der Waals surface area contributed by atoms with Crippen molar-refractivity contribution in [3.63, 3.8) is 0 Å². The van der Waals surface area contributed by atoms with Crippen molar-refractivity contribution in [2.75, 3.05) is 25.0 Å². The van der Waals surface area contributed by atoms with Crippen LogP contribution in [0.5, 0.6) is 0 Å². The second-order valence-electron chi connectivity index (χ2n) is 7.63. The number of nitrogens with two attached hydrogens (primary N) is 1. The molecule has 3 atom stereocenters. The second-order valence-corrected chi connectivity index (χ2v) is 7.63. The van der Waals surface area contributed by atoms with Crippen molar-refractivity contribution in [1.82, 2.24) is 10.2 Å². The Morgan fingerprint density at radius 1 is 1.23 bits per heavy atom. The lowest BCUT2D eigenvalue weighted by molar-refractivity contribution is -0.127. The maximum atomic E-state index is 12.7. The summed E-state index contributed by atoms with van der Waals surface area (Å²) in [4.78, 5) is 27.0. The van der Waals surface area contributed by atoms with Crippen LogP contribution in [0.25, 0.3) is 0 Å². The molecular weight excluding hydrogens is 328 g/mol. The van der Waals surface area contributed by atoms with Crippen molar-refractivity contribution < 1.29 is 9.59 Å². The number of piperidine rings is 1. The molecule has 1 aliphatic heterocycles. The van der Waals surface area contributed by atoms with Gasteiger partial charge < -0.3 is 21.3 Å². The SMILES string of the molecule is Cc1cccc(NC(=O)N2CCCC(C(=O)NC3CCCC3CN)C2)c1. The van der Waals surface area contributed by atoms with E-state index in [1.165, 1.54) is 0 Å². The molecule has 1 aliphatic carbocycles. The topological polar surface area (TPSA) is 87.5 Å². The number of likely N-dealkylation sites (tertiary alicyclic amines) is 1. The number of urea groups is 1. The first kappa shape index (κ1) is 18.7. The van der Waals surface area contributed by atoms with Gasteiger partial charge in [-0.2, -0.15) is 0 Å². The standard InChI is InChI=1S/C20H30N4O2/c1-14-5-2-8-17(11-14)22-20(26)24-10-4-7-16(13-24)19(25)23-18-9-3-6-15(18)12-21/h2,5,8,11,15-16,18H,3-4,6-7,9-10,12-13,21H2,1H3,(H,22,26)(H,23,25). The van der Waals surface area contributed by atoms with E-state index in [4.69, 9.17) is 5.73 Å². The summed E-state index contributed by atoms with van der Waals surface area (Å²) in [6.07, 6.45) is 4.92. The number of carbonyl (C=O) groups excluding carboxylic acids is 2. The highest BCUT2D eigenvalue weighted by Gasteiger charge is 2.32. The normalized spacial score (nSPS) is 25.8. The predicted octanol–water partition coefficient (Wildman–Crippen LogP) is 2.48. The molecule has 2 fully saturated rings. The number of hydrogen-bond donors (Lipinski definition) is 3.